The number of rotatable bonds is 3. The molecule has 0 saturated carbocycles. The van der Waals surface area contributed by atoms with E-state index < -0.39 is 16.7 Å². The molecular formula is C48H24N6O6. The fraction of sp³-hybridized carbons (Fsp3) is 0. The van der Waals surface area contributed by atoms with Gasteiger partial charge in [0.05, 0.1) is 65.4 Å². The van der Waals surface area contributed by atoms with Crippen LogP contribution in [0.4, 0.5) is 0 Å². The Morgan fingerprint density at radius 1 is 0.217 bits per heavy atom. The molecule has 0 aliphatic heterocycles. The number of hydrogen-bond donors (Lipinski definition) is 0. The second-order valence-electron chi connectivity index (χ2n) is 15.2. The van der Waals surface area contributed by atoms with Crippen molar-refractivity contribution in [2.24, 2.45) is 0 Å². The summed E-state index contributed by atoms with van der Waals surface area (Å²) in [5, 5.41) is 2.47. The third-order valence-corrected chi connectivity index (χ3v) is 12.1. The molecule has 0 aliphatic rings. The number of aromatic nitrogens is 6. The molecule has 0 N–H and O–H groups in total. The summed E-state index contributed by atoms with van der Waals surface area (Å²) in [6.07, 6.45) is 0. The van der Waals surface area contributed by atoms with Crippen molar-refractivity contribution in [3.05, 3.63) is 208 Å². The molecule has 0 radical (unpaired) electrons. The van der Waals surface area contributed by atoms with Crippen molar-refractivity contribution in [1.29, 1.82) is 0 Å². The quantitative estimate of drug-likeness (QED) is 0.212. The van der Waals surface area contributed by atoms with Gasteiger partial charge >= 0.3 is 0 Å². The van der Waals surface area contributed by atoms with E-state index in [0.29, 0.717) is 82.1 Å². The van der Waals surface area contributed by atoms with Crippen LogP contribution in [0.3, 0.4) is 0 Å². The molecule has 13 aromatic rings. The Kier molecular flexibility index (Phi) is 5.98. The van der Waals surface area contributed by atoms with Crippen LogP contribution in [0.5, 0.6) is 0 Å². The maximum Gasteiger partial charge on any atom is 0.282 e. The molecule has 12 heteroatoms. The van der Waals surface area contributed by atoms with Gasteiger partial charge in [-0.15, -0.1) is 0 Å². The zero-order valence-electron chi connectivity index (χ0n) is 31.0. The van der Waals surface area contributed by atoms with Crippen LogP contribution in [-0.4, -0.2) is 27.1 Å². The van der Waals surface area contributed by atoms with Crippen molar-refractivity contribution in [2.45, 2.75) is 0 Å². The smallest absolute Gasteiger partial charge is 0.267 e. The van der Waals surface area contributed by atoms with Gasteiger partial charge in [0.25, 0.3) is 33.4 Å². The number of para-hydroxylation sites is 3. The molecule has 12 nitrogen and oxygen atoms in total. The molecule has 0 unspecified atom stereocenters. The molecule has 60 heavy (non-hydrogen) atoms. The van der Waals surface area contributed by atoms with Crippen LogP contribution in [0, 0.1) is 0 Å². The molecule has 0 aliphatic carbocycles. The van der Waals surface area contributed by atoms with Crippen molar-refractivity contribution >= 4 is 65.4 Å². The first-order valence-electron chi connectivity index (χ1n) is 19.2. The first-order valence-corrected chi connectivity index (χ1v) is 19.2. The Hall–Kier alpha value is -8.64. The number of nitrogens with zero attached hydrogens (tertiary/aromatic N) is 6. The number of fused-ring (bicyclic) bond motifs is 15. The molecule has 6 aromatic heterocycles. The van der Waals surface area contributed by atoms with E-state index in [-0.39, 0.29) is 16.7 Å². The minimum atomic E-state index is -0.433. The maximum absolute atomic E-state index is 13.9. The Balaban J connectivity index is 1.05. The molecular weight excluding hydrogens is 757 g/mol. The molecule has 0 bridgehead atoms. The monoisotopic (exact) mass is 780 g/mol. The lowest BCUT2D eigenvalue weighted by molar-refractivity contribution is 0.841. The highest BCUT2D eigenvalue weighted by Crippen LogP contribution is 2.36. The van der Waals surface area contributed by atoms with Gasteiger partial charge in [0.1, 0.15) is 0 Å². The third-order valence-electron chi connectivity index (χ3n) is 12.1. The highest BCUT2D eigenvalue weighted by Gasteiger charge is 2.22. The fourth-order valence-corrected chi connectivity index (χ4v) is 9.40. The van der Waals surface area contributed by atoms with E-state index in [2.05, 4.69) is 0 Å². The van der Waals surface area contributed by atoms with E-state index in [0.717, 1.165) is 16.7 Å². The average Bonchev–Trinajstić information content (AvgIpc) is 4.08. The van der Waals surface area contributed by atoms with E-state index in [1.165, 1.54) is 13.5 Å². The molecule has 0 fully saturated rings. The van der Waals surface area contributed by atoms with Crippen molar-refractivity contribution in [3.63, 3.8) is 0 Å². The summed E-state index contributed by atoms with van der Waals surface area (Å²) in [6, 6.07) is 43.8. The predicted octanol–water partition coefficient (Wildman–Crippen LogP) is 6.14. The third kappa shape index (κ3) is 3.93. The lowest BCUT2D eigenvalue weighted by atomic mass is 9.92. The topological polar surface area (TPSA) is 129 Å². The van der Waals surface area contributed by atoms with Crippen LogP contribution in [0.25, 0.3) is 98.8 Å². The fourth-order valence-electron chi connectivity index (χ4n) is 9.40. The molecule has 13 rings (SSSR count). The van der Waals surface area contributed by atoms with Crippen LogP contribution in [0.2, 0.25) is 0 Å². The summed E-state index contributed by atoms with van der Waals surface area (Å²) in [7, 11) is 0. The Labute approximate surface area is 332 Å². The second-order valence-corrected chi connectivity index (χ2v) is 15.2. The zero-order chi connectivity index (χ0) is 40.3. The Bertz CT molecular complexity index is 3990. The van der Waals surface area contributed by atoms with Crippen LogP contribution in [0.15, 0.2) is 174 Å². The highest BCUT2D eigenvalue weighted by molar-refractivity contribution is 5.95. The molecule has 0 amide bonds. The van der Waals surface area contributed by atoms with Crippen molar-refractivity contribution in [3.8, 4) is 33.4 Å². The first kappa shape index (κ1) is 32.4. The van der Waals surface area contributed by atoms with E-state index >= 15 is 0 Å². The van der Waals surface area contributed by atoms with E-state index in [9.17, 15) is 28.8 Å². The first-order chi connectivity index (χ1) is 29.3. The van der Waals surface area contributed by atoms with Gasteiger partial charge < -0.3 is 0 Å². The minimum absolute atomic E-state index is 0.368. The lowest BCUT2D eigenvalue weighted by Crippen LogP contribution is -2.21. The predicted molar refractivity (Wildman–Crippen MR) is 232 cm³/mol. The minimum Gasteiger partial charge on any atom is -0.267 e. The lowest BCUT2D eigenvalue weighted by Gasteiger charge is -2.12. The van der Waals surface area contributed by atoms with Gasteiger partial charge in [0.15, 0.2) is 0 Å². The van der Waals surface area contributed by atoms with Crippen molar-refractivity contribution in [1.82, 2.24) is 27.1 Å². The van der Waals surface area contributed by atoms with Crippen molar-refractivity contribution < 1.29 is 0 Å². The van der Waals surface area contributed by atoms with E-state index in [4.69, 9.17) is 0 Å². The van der Waals surface area contributed by atoms with E-state index in [1.807, 2.05) is 91.0 Å². The summed E-state index contributed by atoms with van der Waals surface area (Å²) in [6.45, 7) is 0. The normalized spacial score (nSPS) is 12.4. The molecule has 6 heterocycles. The van der Waals surface area contributed by atoms with Crippen LogP contribution in [-0.2, 0) is 0 Å². The van der Waals surface area contributed by atoms with Gasteiger partial charge in [0, 0.05) is 0 Å². The van der Waals surface area contributed by atoms with Gasteiger partial charge in [0.2, 0.25) is 0 Å². The largest absolute Gasteiger partial charge is 0.282 e. The maximum atomic E-state index is 13.9. The average molecular weight is 781 g/mol. The van der Waals surface area contributed by atoms with Crippen LogP contribution < -0.4 is 33.4 Å². The van der Waals surface area contributed by atoms with Gasteiger partial charge in [-0.1, -0.05) is 54.6 Å². The Morgan fingerprint density at radius 3 is 0.767 bits per heavy atom. The number of benzene rings is 7. The van der Waals surface area contributed by atoms with Crippen LogP contribution >= 0.6 is 0 Å². The molecule has 0 saturated heterocycles. The molecule has 0 spiro atoms. The van der Waals surface area contributed by atoms with Gasteiger partial charge in [-0.3, -0.25) is 28.8 Å². The zero-order valence-corrected chi connectivity index (χ0v) is 31.0. The highest BCUT2D eigenvalue weighted by atomic mass is 16.2. The summed E-state index contributed by atoms with van der Waals surface area (Å²) >= 11 is 0. The van der Waals surface area contributed by atoms with Crippen LogP contribution in [0.1, 0.15) is 0 Å². The molecule has 7 aromatic carbocycles. The van der Waals surface area contributed by atoms with Gasteiger partial charge in [-0.25, -0.2) is 13.5 Å². The summed E-state index contributed by atoms with van der Waals surface area (Å²) in [4.78, 5) is 81.8. The van der Waals surface area contributed by atoms with E-state index in [1.54, 1.807) is 68.1 Å². The van der Waals surface area contributed by atoms with Crippen molar-refractivity contribution in [2.75, 3.05) is 0 Å². The van der Waals surface area contributed by atoms with Gasteiger partial charge in [-0.05, 0) is 124 Å². The standard InChI is InChI=1S/C48H24N6O6/c55-43-31-7-1-4-10-37(31)49-40-16-13-25(22-34(40)46(58)52(43)49)28-19-29(26-14-17-41-35(23-26)47(59)53-44(56)32-8-2-5-11-38(32)50(41)53)21-30(20-28)27-15-18-42-36(24-27)48(60)54-45(57)33-9-3-6-12-39(33)51(42)54/h1-24H. The summed E-state index contributed by atoms with van der Waals surface area (Å²) in [5.74, 6) is 0. The Morgan fingerprint density at radius 2 is 0.467 bits per heavy atom. The molecule has 282 valence electrons. The number of hydrogen-bond acceptors (Lipinski definition) is 6. The molecule has 0 atom stereocenters. The summed E-state index contributed by atoms with van der Waals surface area (Å²) in [5.41, 5.74) is 5.48. The van der Waals surface area contributed by atoms with Gasteiger partial charge in [-0.2, -0.15) is 13.5 Å². The second kappa shape index (κ2) is 11.1. The summed E-state index contributed by atoms with van der Waals surface area (Å²) < 4.78 is 8.45. The SMILES string of the molecule is O=c1c2ccccc2n2c3ccc(-c4cc(-c5ccc6c(c5)c(=O)n5c(=O)c7ccccc7n65)cc(-c5ccc6c(c5)c(=O)n5c(=O)c7ccccc7n65)c4)cc3c(=O)n12.